The quantitative estimate of drug-likeness (QED) is 0.914. The summed E-state index contributed by atoms with van der Waals surface area (Å²) in [6.07, 6.45) is 4.82. The molecule has 23 heavy (non-hydrogen) atoms. The van der Waals surface area contributed by atoms with Crippen molar-refractivity contribution in [1.29, 1.82) is 0 Å². The highest BCUT2D eigenvalue weighted by molar-refractivity contribution is 7.09. The molecule has 0 saturated carbocycles. The first-order valence-electron chi connectivity index (χ1n) is 7.94. The van der Waals surface area contributed by atoms with Crippen molar-refractivity contribution in [3.63, 3.8) is 0 Å². The fourth-order valence-corrected chi connectivity index (χ4v) is 4.27. The highest BCUT2D eigenvalue weighted by Gasteiger charge is 2.39. The Morgan fingerprint density at radius 1 is 1.13 bits per heavy atom. The molecule has 2 saturated heterocycles. The molecule has 0 amide bonds. The standard InChI is InChI=1S/C16H18F2N4S/c17-12-7-11(8-13(18)9-12)14-20-15(23-21-14)22-6-4-16(10-22)3-1-2-5-19-16/h7-9,19H,1-6,10H2. The smallest absolute Gasteiger partial charge is 0.205 e. The van der Waals surface area contributed by atoms with Crippen LogP contribution < -0.4 is 10.2 Å². The highest BCUT2D eigenvalue weighted by Crippen LogP contribution is 2.34. The lowest BCUT2D eigenvalue weighted by Crippen LogP contribution is -2.50. The summed E-state index contributed by atoms with van der Waals surface area (Å²) in [4.78, 5) is 6.73. The van der Waals surface area contributed by atoms with E-state index in [1.54, 1.807) is 0 Å². The molecule has 4 rings (SSSR count). The number of piperidine rings is 1. The number of nitrogens with zero attached hydrogens (tertiary/aromatic N) is 3. The fourth-order valence-electron chi connectivity index (χ4n) is 3.56. The van der Waals surface area contributed by atoms with Crippen molar-refractivity contribution in [2.45, 2.75) is 31.2 Å². The summed E-state index contributed by atoms with van der Waals surface area (Å²) in [5.41, 5.74) is 0.587. The maximum Gasteiger partial charge on any atom is 0.205 e. The predicted octanol–water partition coefficient (Wildman–Crippen LogP) is 3.21. The summed E-state index contributed by atoms with van der Waals surface area (Å²) in [6, 6.07) is 3.39. The fraction of sp³-hybridized carbons (Fsp3) is 0.500. The number of rotatable bonds is 2. The molecule has 2 aliphatic rings. The monoisotopic (exact) mass is 336 g/mol. The Hall–Kier alpha value is -1.60. The number of halogens is 2. The van der Waals surface area contributed by atoms with Gasteiger partial charge in [0.05, 0.1) is 0 Å². The second-order valence-electron chi connectivity index (χ2n) is 6.39. The zero-order valence-electron chi connectivity index (χ0n) is 12.7. The third-order valence-corrected chi connectivity index (χ3v) is 5.52. The Balaban J connectivity index is 1.54. The van der Waals surface area contributed by atoms with E-state index < -0.39 is 11.6 Å². The van der Waals surface area contributed by atoms with Crippen LogP contribution in [-0.4, -0.2) is 34.5 Å². The second-order valence-corrected chi connectivity index (χ2v) is 7.12. The molecule has 2 aliphatic heterocycles. The van der Waals surface area contributed by atoms with Crippen LogP contribution in [0.3, 0.4) is 0 Å². The lowest BCUT2D eigenvalue weighted by atomic mass is 9.88. The van der Waals surface area contributed by atoms with Gasteiger partial charge in [-0.05, 0) is 37.9 Å². The number of anilines is 1. The molecule has 2 fully saturated rings. The number of nitrogens with one attached hydrogen (secondary N) is 1. The van der Waals surface area contributed by atoms with Gasteiger partial charge in [-0.15, -0.1) is 0 Å². The van der Waals surface area contributed by atoms with Crippen molar-refractivity contribution in [2.24, 2.45) is 0 Å². The largest absolute Gasteiger partial charge is 0.345 e. The molecule has 1 atom stereocenters. The van der Waals surface area contributed by atoms with Crippen LogP contribution in [0.25, 0.3) is 11.4 Å². The van der Waals surface area contributed by atoms with Crippen LogP contribution in [-0.2, 0) is 0 Å². The molecule has 122 valence electrons. The Bertz CT molecular complexity index is 692. The topological polar surface area (TPSA) is 41.1 Å². The molecule has 1 unspecified atom stereocenters. The molecular formula is C16H18F2N4S. The van der Waals surface area contributed by atoms with Crippen molar-refractivity contribution in [2.75, 3.05) is 24.5 Å². The van der Waals surface area contributed by atoms with E-state index >= 15 is 0 Å². The summed E-state index contributed by atoms with van der Waals surface area (Å²) in [6.45, 7) is 2.95. The Labute approximate surface area is 137 Å². The van der Waals surface area contributed by atoms with Gasteiger partial charge in [0.25, 0.3) is 0 Å². The van der Waals surface area contributed by atoms with Gasteiger partial charge in [-0.2, -0.15) is 9.36 Å². The zero-order valence-corrected chi connectivity index (χ0v) is 13.5. The average molecular weight is 336 g/mol. The van der Waals surface area contributed by atoms with Gasteiger partial charge < -0.3 is 10.2 Å². The second kappa shape index (κ2) is 5.79. The van der Waals surface area contributed by atoms with Gasteiger partial charge >= 0.3 is 0 Å². The summed E-state index contributed by atoms with van der Waals surface area (Å²) in [7, 11) is 0. The SMILES string of the molecule is Fc1cc(F)cc(-c2nsc(N3CCC4(CCCCN4)C3)n2)c1. The van der Waals surface area contributed by atoms with Crippen LogP contribution in [0.2, 0.25) is 0 Å². The van der Waals surface area contributed by atoms with Gasteiger partial charge in [0.15, 0.2) is 5.82 Å². The van der Waals surface area contributed by atoms with Gasteiger partial charge in [0, 0.05) is 41.8 Å². The molecule has 1 spiro atoms. The van der Waals surface area contributed by atoms with Crippen molar-refractivity contribution in [1.82, 2.24) is 14.7 Å². The summed E-state index contributed by atoms with van der Waals surface area (Å²) >= 11 is 1.29. The number of hydrogen-bond acceptors (Lipinski definition) is 5. The lowest BCUT2D eigenvalue weighted by molar-refractivity contribution is 0.280. The van der Waals surface area contributed by atoms with Crippen LogP contribution in [0.15, 0.2) is 18.2 Å². The first-order chi connectivity index (χ1) is 11.1. The Kier molecular flexibility index (Phi) is 3.77. The van der Waals surface area contributed by atoms with Crippen molar-refractivity contribution in [3.05, 3.63) is 29.8 Å². The first-order valence-corrected chi connectivity index (χ1v) is 8.71. The minimum absolute atomic E-state index is 0.203. The summed E-state index contributed by atoms with van der Waals surface area (Å²) in [5, 5.41) is 4.49. The van der Waals surface area contributed by atoms with Gasteiger partial charge in [0.2, 0.25) is 5.13 Å². The molecule has 1 aromatic carbocycles. The van der Waals surface area contributed by atoms with E-state index in [1.165, 1.54) is 42.9 Å². The third kappa shape index (κ3) is 2.95. The Morgan fingerprint density at radius 2 is 1.96 bits per heavy atom. The molecule has 1 aromatic heterocycles. The van der Waals surface area contributed by atoms with Crippen molar-refractivity contribution >= 4 is 16.7 Å². The minimum atomic E-state index is -0.608. The molecule has 0 bridgehead atoms. The van der Waals surface area contributed by atoms with E-state index in [1.807, 2.05) is 0 Å². The molecule has 3 heterocycles. The van der Waals surface area contributed by atoms with Crippen molar-refractivity contribution < 1.29 is 8.78 Å². The van der Waals surface area contributed by atoms with Gasteiger partial charge in [0.1, 0.15) is 11.6 Å². The molecule has 7 heteroatoms. The van der Waals surface area contributed by atoms with E-state index in [-0.39, 0.29) is 5.54 Å². The third-order valence-electron chi connectivity index (χ3n) is 4.74. The van der Waals surface area contributed by atoms with Gasteiger partial charge in [-0.1, -0.05) is 6.42 Å². The summed E-state index contributed by atoms with van der Waals surface area (Å²) < 4.78 is 31.0. The van der Waals surface area contributed by atoms with E-state index in [4.69, 9.17) is 0 Å². The highest BCUT2D eigenvalue weighted by atomic mass is 32.1. The van der Waals surface area contributed by atoms with Gasteiger partial charge in [-0.25, -0.2) is 8.78 Å². The Morgan fingerprint density at radius 3 is 2.70 bits per heavy atom. The molecule has 2 aromatic rings. The molecule has 0 aliphatic carbocycles. The normalized spacial score (nSPS) is 24.5. The zero-order chi connectivity index (χ0) is 15.9. The van der Waals surface area contributed by atoms with Crippen molar-refractivity contribution in [3.8, 4) is 11.4 Å². The predicted molar refractivity (Wildman–Crippen MR) is 86.7 cm³/mol. The van der Waals surface area contributed by atoms with E-state index in [0.717, 1.165) is 37.3 Å². The average Bonchev–Trinajstić information content (AvgIpc) is 3.15. The van der Waals surface area contributed by atoms with E-state index in [0.29, 0.717) is 11.4 Å². The molecular weight excluding hydrogens is 318 g/mol. The maximum absolute atomic E-state index is 13.3. The summed E-state index contributed by atoms with van der Waals surface area (Å²) in [5.74, 6) is -0.827. The number of benzene rings is 1. The van der Waals surface area contributed by atoms with Crippen LogP contribution in [0.4, 0.5) is 13.9 Å². The maximum atomic E-state index is 13.3. The van der Waals surface area contributed by atoms with E-state index in [2.05, 4.69) is 19.6 Å². The first kappa shape index (κ1) is 15.0. The minimum Gasteiger partial charge on any atom is -0.345 e. The molecule has 0 radical (unpaired) electrons. The van der Waals surface area contributed by atoms with E-state index in [9.17, 15) is 8.78 Å². The molecule has 1 N–H and O–H groups in total. The number of aromatic nitrogens is 2. The van der Waals surface area contributed by atoms with Crippen LogP contribution in [0.1, 0.15) is 25.7 Å². The molecule has 4 nitrogen and oxygen atoms in total. The lowest BCUT2D eigenvalue weighted by Gasteiger charge is -2.34. The number of hydrogen-bond donors (Lipinski definition) is 1. The van der Waals surface area contributed by atoms with Crippen LogP contribution in [0, 0.1) is 11.6 Å². The van der Waals surface area contributed by atoms with Crippen LogP contribution in [0.5, 0.6) is 0 Å². The van der Waals surface area contributed by atoms with Crippen LogP contribution >= 0.6 is 11.5 Å². The van der Waals surface area contributed by atoms with Gasteiger partial charge in [-0.3, -0.25) is 0 Å².